The van der Waals surface area contributed by atoms with E-state index in [2.05, 4.69) is 25.6 Å². The van der Waals surface area contributed by atoms with Gasteiger partial charge < -0.3 is 24.5 Å². The van der Waals surface area contributed by atoms with Crippen LogP contribution in [0.25, 0.3) is 0 Å². The standard InChI is InChI=1S/C20H25N6O4/c1-26(2,20(27)30-15-8-5-4-6-9-15)19-24-17(21-11-13-28-3)23-18(25-19)22-14-16-10-7-12-29-16/h4-10,12H,11,13-14H2,1-3H3,(H2,21,22,23,24,25)/q+1. The van der Waals surface area contributed by atoms with Gasteiger partial charge in [0, 0.05) is 13.7 Å². The number of aromatic nitrogens is 3. The lowest BCUT2D eigenvalue weighted by molar-refractivity contribution is 0.170. The number of furan rings is 1. The molecular weight excluding hydrogens is 388 g/mol. The van der Waals surface area contributed by atoms with Gasteiger partial charge in [0.2, 0.25) is 11.9 Å². The van der Waals surface area contributed by atoms with Gasteiger partial charge in [0.25, 0.3) is 0 Å². The lowest BCUT2D eigenvalue weighted by Crippen LogP contribution is -2.49. The topological polar surface area (TPSA) is 111 Å². The van der Waals surface area contributed by atoms with Gasteiger partial charge in [-0.1, -0.05) is 18.2 Å². The number of amides is 1. The number of quaternary nitrogens is 1. The molecule has 0 fully saturated rings. The van der Waals surface area contributed by atoms with E-state index >= 15 is 0 Å². The summed E-state index contributed by atoms with van der Waals surface area (Å²) < 4.78 is 15.5. The summed E-state index contributed by atoms with van der Waals surface area (Å²) in [5.74, 6) is 2.00. The Kier molecular flexibility index (Phi) is 6.94. The summed E-state index contributed by atoms with van der Waals surface area (Å²) >= 11 is 0. The zero-order chi connectivity index (χ0) is 21.4. The van der Waals surface area contributed by atoms with Gasteiger partial charge in [-0.2, -0.15) is 14.3 Å². The van der Waals surface area contributed by atoms with E-state index in [-0.39, 0.29) is 10.4 Å². The molecule has 2 N–H and O–H groups in total. The first-order chi connectivity index (χ1) is 14.5. The van der Waals surface area contributed by atoms with Crippen molar-refractivity contribution in [3.8, 4) is 5.75 Å². The second-order valence-electron chi connectivity index (χ2n) is 6.77. The number of nitrogens with one attached hydrogen (secondary N) is 2. The minimum absolute atomic E-state index is 0.216. The van der Waals surface area contributed by atoms with Crippen LogP contribution in [0.3, 0.4) is 0 Å². The molecule has 1 aromatic carbocycles. The third-order valence-electron chi connectivity index (χ3n) is 4.12. The van der Waals surface area contributed by atoms with E-state index in [1.165, 1.54) is 0 Å². The number of hydrogen-bond donors (Lipinski definition) is 2. The van der Waals surface area contributed by atoms with E-state index in [9.17, 15) is 4.79 Å². The number of rotatable bonds is 9. The average molecular weight is 413 g/mol. The maximum Gasteiger partial charge on any atom is 0.528 e. The lowest BCUT2D eigenvalue weighted by Gasteiger charge is -2.22. The molecule has 2 aromatic heterocycles. The van der Waals surface area contributed by atoms with Crippen LogP contribution in [0.5, 0.6) is 5.75 Å². The van der Waals surface area contributed by atoms with Crippen molar-refractivity contribution >= 4 is 23.9 Å². The number of carbonyl (C=O) groups excluding carboxylic acids is 1. The Morgan fingerprint density at radius 2 is 1.77 bits per heavy atom. The predicted octanol–water partition coefficient (Wildman–Crippen LogP) is 2.90. The molecule has 0 bridgehead atoms. The number of para-hydroxylation sites is 1. The van der Waals surface area contributed by atoms with Crippen LogP contribution in [0.4, 0.5) is 22.6 Å². The van der Waals surface area contributed by atoms with Crippen LogP contribution in [0, 0.1) is 0 Å². The first-order valence-electron chi connectivity index (χ1n) is 9.36. The van der Waals surface area contributed by atoms with E-state index in [0.29, 0.717) is 37.3 Å². The zero-order valence-corrected chi connectivity index (χ0v) is 17.2. The monoisotopic (exact) mass is 413 g/mol. The minimum atomic E-state index is -0.535. The SMILES string of the molecule is COCCNc1nc(NCc2ccco2)nc([N+](C)(C)C(=O)Oc2ccccc2)n1. The Labute approximate surface area is 174 Å². The fourth-order valence-electron chi connectivity index (χ4n) is 2.40. The van der Waals surface area contributed by atoms with Crippen LogP contribution in [0.2, 0.25) is 0 Å². The fourth-order valence-corrected chi connectivity index (χ4v) is 2.40. The van der Waals surface area contributed by atoms with Crippen LogP contribution in [0.15, 0.2) is 53.1 Å². The number of hydrogen-bond acceptors (Lipinski definition) is 9. The number of anilines is 2. The van der Waals surface area contributed by atoms with Crippen molar-refractivity contribution in [1.29, 1.82) is 0 Å². The molecule has 0 atom stereocenters. The Morgan fingerprint density at radius 3 is 2.43 bits per heavy atom. The van der Waals surface area contributed by atoms with E-state index in [1.54, 1.807) is 57.8 Å². The van der Waals surface area contributed by atoms with E-state index in [0.717, 1.165) is 5.76 Å². The van der Waals surface area contributed by atoms with Crippen LogP contribution in [0.1, 0.15) is 5.76 Å². The van der Waals surface area contributed by atoms with Gasteiger partial charge >= 0.3 is 12.0 Å². The van der Waals surface area contributed by atoms with Gasteiger partial charge in [-0.15, -0.1) is 9.97 Å². The summed E-state index contributed by atoms with van der Waals surface area (Å²) in [6.07, 6.45) is 1.06. The highest BCUT2D eigenvalue weighted by atomic mass is 16.6. The Balaban J connectivity index is 1.83. The molecule has 10 nitrogen and oxygen atoms in total. The van der Waals surface area contributed by atoms with Crippen LogP contribution in [-0.4, -0.2) is 55.4 Å². The molecule has 0 saturated carbocycles. The summed E-state index contributed by atoms with van der Waals surface area (Å²) in [6, 6.07) is 12.5. The van der Waals surface area contributed by atoms with Gasteiger partial charge in [-0.25, -0.2) is 0 Å². The number of carbonyl (C=O) groups is 1. The van der Waals surface area contributed by atoms with Gasteiger partial charge in [0.15, 0.2) is 0 Å². The molecule has 3 aromatic rings. The quantitative estimate of drug-likeness (QED) is 0.404. The number of nitrogens with zero attached hydrogens (tertiary/aromatic N) is 4. The summed E-state index contributed by atoms with van der Waals surface area (Å²) in [5, 5.41) is 6.16. The first-order valence-corrected chi connectivity index (χ1v) is 9.36. The predicted molar refractivity (Wildman–Crippen MR) is 112 cm³/mol. The minimum Gasteiger partial charge on any atom is -0.467 e. The second-order valence-corrected chi connectivity index (χ2v) is 6.77. The molecule has 0 spiro atoms. The Hall–Kier alpha value is -3.50. The van der Waals surface area contributed by atoms with Gasteiger partial charge in [-0.3, -0.25) is 0 Å². The molecule has 0 saturated heterocycles. The molecule has 0 radical (unpaired) electrons. The van der Waals surface area contributed by atoms with E-state index in [1.807, 2.05) is 12.1 Å². The summed E-state index contributed by atoms with van der Waals surface area (Å²) in [7, 11) is 4.90. The first kappa shape index (κ1) is 21.2. The van der Waals surface area contributed by atoms with E-state index < -0.39 is 6.09 Å². The van der Waals surface area contributed by atoms with Gasteiger partial charge in [0.1, 0.15) is 11.5 Å². The van der Waals surface area contributed by atoms with Crippen molar-refractivity contribution in [3.63, 3.8) is 0 Å². The molecule has 0 aliphatic carbocycles. The molecule has 0 aliphatic heterocycles. The smallest absolute Gasteiger partial charge is 0.467 e. The third-order valence-corrected chi connectivity index (χ3v) is 4.12. The maximum absolute atomic E-state index is 12.8. The largest absolute Gasteiger partial charge is 0.528 e. The molecule has 10 heteroatoms. The molecule has 3 rings (SSSR count). The van der Waals surface area contributed by atoms with Crippen LogP contribution in [-0.2, 0) is 11.3 Å². The van der Waals surface area contributed by atoms with Crippen molar-refractivity contribution in [2.75, 3.05) is 45.0 Å². The van der Waals surface area contributed by atoms with E-state index in [4.69, 9.17) is 13.9 Å². The van der Waals surface area contributed by atoms with Gasteiger partial charge in [0.05, 0.1) is 33.5 Å². The van der Waals surface area contributed by atoms with Crippen LogP contribution >= 0.6 is 0 Å². The maximum atomic E-state index is 12.8. The average Bonchev–Trinajstić information content (AvgIpc) is 3.27. The fraction of sp³-hybridized carbons (Fsp3) is 0.300. The zero-order valence-electron chi connectivity index (χ0n) is 17.2. The molecule has 158 valence electrons. The van der Waals surface area contributed by atoms with Crippen molar-refractivity contribution in [1.82, 2.24) is 19.4 Å². The highest BCUT2D eigenvalue weighted by Gasteiger charge is 2.36. The molecule has 30 heavy (non-hydrogen) atoms. The van der Waals surface area contributed by atoms with Crippen molar-refractivity contribution in [3.05, 3.63) is 54.5 Å². The van der Waals surface area contributed by atoms with Crippen molar-refractivity contribution in [2.24, 2.45) is 0 Å². The number of ether oxygens (including phenoxy) is 2. The summed E-state index contributed by atoms with van der Waals surface area (Å²) in [6.45, 7) is 1.36. The van der Waals surface area contributed by atoms with Crippen LogP contribution < -0.4 is 19.9 Å². The Morgan fingerprint density at radius 1 is 1.03 bits per heavy atom. The molecule has 0 aliphatic rings. The molecule has 0 unspecified atom stereocenters. The second kappa shape index (κ2) is 9.81. The normalized spacial score (nSPS) is 11.2. The molecule has 2 heterocycles. The molecular formula is C20H25N6O4+. The van der Waals surface area contributed by atoms with Crippen molar-refractivity contribution < 1.29 is 18.7 Å². The summed E-state index contributed by atoms with van der Waals surface area (Å²) in [5.41, 5.74) is 0. The number of benzene rings is 1. The molecule has 1 amide bonds. The van der Waals surface area contributed by atoms with Crippen molar-refractivity contribution in [2.45, 2.75) is 6.54 Å². The third kappa shape index (κ3) is 5.52. The number of methoxy groups -OCH3 is 1. The summed E-state index contributed by atoms with van der Waals surface area (Å²) in [4.78, 5) is 26.0. The highest BCUT2D eigenvalue weighted by Crippen LogP contribution is 2.21. The van der Waals surface area contributed by atoms with Gasteiger partial charge in [-0.05, 0) is 24.3 Å². The lowest BCUT2D eigenvalue weighted by atomic mass is 10.3. The highest BCUT2D eigenvalue weighted by molar-refractivity contribution is 5.81. The Bertz CT molecular complexity index is 947.